The Morgan fingerprint density at radius 3 is 2.62 bits per heavy atom. The maximum absolute atomic E-state index is 10.9. The third-order valence-corrected chi connectivity index (χ3v) is 1.58. The average Bonchev–Trinajstić information content (AvgIpc) is 2.12. The van der Waals surface area contributed by atoms with Crippen LogP contribution >= 0.6 is 0 Å². The molecule has 4 heteroatoms. The van der Waals surface area contributed by atoms with Gasteiger partial charge in [0.25, 0.3) is 0 Å². The van der Waals surface area contributed by atoms with E-state index in [1.54, 1.807) is 6.92 Å². The fourth-order valence-electron chi connectivity index (χ4n) is 0.872. The predicted molar refractivity (Wildman–Crippen MR) is 49.4 cm³/mol. The lowest BCUT2D eigenvalue weighted by atomic mass is 10.2. The second kappa shape index (κ2) is 7.73. The molecule has 0 aromatic heterocycles. The van der Waals surface area contributed by atoms with Crippen LogP contribution in [-0.4, -0.2) is 32.0 Å². The Hall–Kier alpha value is -0.900. The van der Waals surface area contributed by atoms with Crippen molar-refractivity contribution in [3.05, 3.63) is 0 Å². The number of carbonyl (C=O) groups excluding carboxylic acids is 2. The highest BCUT2D eigenvalue weighted by molar-refractivity contribution is 5.79. The van der Waals surface area contributed by atoms with Crippen molar-refractivity contribution < 1.29 is 14.3 Å². The molecule has 0 aliphatic rings. The molecule has 0 rings (SSSR count). The van der Waals surface area contributed by atoms with Gasteiger partial charge in [-0.1, -0.05) is 6.92 Å². The van der Waals surface area contributed by atoms with E-state index in [9.17, 15) is 9.59 Å². The van der Waals surface area contributed by atoms with Gasteiger partial charge in [-0.3, -0.25) is 9.59 Å². The number of hydrogen-bond donors (Lipinski definition) is 1. The molecule has 0 heterocycles. The molecule has 0 aromatic rings. The third-order valence-electron chi connectivity index (χ3n) is 1.58. The Labute approximate surface area is 78.6 Å². The second-order valence-corrected chi connectivity index (χ2v) is 2.78. The highest BCUT2D eigenvalue weighted by Gasteiger charge is 2.01. The van der Waals surface area contributed by atoms with Crippen LogP contribution in [0.4, 0.5) is 0 Å². The maximum atomic E-state index is 10.9. The minimum Gasteiger partial charge on any atom is -0.377 e. The highest BCUT2D eigenvalue weighted by Crippen LogP contribution is 1.90. The van der Waals surface area contributed by atoms with E-state index in [1.807, 2.05) is 0 Å². The number of ether oxygens (including phenoxy) is 1. The average molecular weight is 187 g/mol. The van der Waals surface area contributed by atoms with E-state index >= 15 is 0 Å². The molecule has 1 N–H and O–H groups in total. The first-order chi connectivity index (χ1) is 6.20. The molecule has 0 atom stereocenters. The van der Waals surface area contributed by atoms with E-state index in [1.165, 1.54) is 7.11 Å². The van der Waals surface area contributed by atoms with Gasteiger partial charge in [0.15, 0.2) is 5.78 Å². The molecule has 0 aliphatic heterocycles. The van der Waals surface area contributed by atoms with Gasteiger partial charge >= 0.3 is 0 Å². The lowest BCUT2D eigenvalue weighted by Crippen LogP contribution is -2.24. The van der Waals surface area contributed by atoms with Crippen molar-refractivity contribution in [2.24, 2.45) is 0 Å². The normalized spacial score (nSPS) is 9.69. The van der Waals surface area contributed by atoms with Crippen LogP contribution in [0.3, 0.4) is 0 Å². The molecule has 0 saturated heterocycles. The fourth-order valence-corrected chi connectivity index (χ4v) is 0.872. The van der Waals surface area contributed by atoms with Crippen molar-refractivity contribution in [3.8, 4) is 0 Å². The maximum Gasteiger partial charge on any atom is 0.219 e. The van der Waals surface area contributed by atoms with E-state index in [4.69, 9.17) is 0 Å². The minimum absolute atomic E-state index is 0.0270. The minimum atomic E-state index is 0.0270. The van der Waals surface area contributed by atoms with Crippen LogP contribution in [-0.2, 0) is 14.3 Å². The Kier molecular flexibility index (Phi) is 7.20. The molecular weight excluding hydrogens is 170 g/mol. The van der Waals surface area contributed by atoms with Crippen LogP contribution in [0.25, 0.3) is 0 Å². The molecule has 1 amide bonds. The summed E-state index contributed by atoms with van der Waals surface area (Å²) in [7, 11) is 1.50. The topological polar surface area (TPSA) is 55.4 Å². The van der Waals surface area contributed by atoms with Crippen LogP contribution in [0, 0.1) is 0 Å². The Morgan fingerprint density at radius 2 is 2.08 bits per heavy atom. The van der Waals surface area contributed by atoms with Crippen molar-refractivity contribution in [2.45, 2.75) is 26.2 Å². The first-order valence-electron chi connectivity index (χ1n) is 4.48. The zero-order chi connectivity index (χ0) is 10.1. The molecule has 0 spiro atoms. The van der Waals surface area contributed by atoms with Gasteiger partial charge in [-0.05, 0) is 6.42 Å². The van der Waals surface area contributed by atoms with E-state index in [-0.39, 0.29) is 18.3 Å². The second-order valence-electron chi connectivity index (χ2n) is 2.78. The molecule has 0 bridgehead atoms. The van der Waals surface area contributed by atoms with Crippen molar-refractivity contribution in [1.82, 2.24) is 5.32 Å². The number of carbonyl (C=O) groups is 2. The molecule has 4 nitrogen and oxygen atoms in total. The van der Waals surface area contributed by atoms with Crippen LogP contribution in [0.1, 0.15) is 26.2 Å². The lowest BCUT2D eigenvalue weighted by molar-refractivity contribution is -0.123. The van der Waals surface area contributed by atoms with Gasteiger partial charge in [0.05, 0.1) is 0 Å². The van der Waals surface area contributed by atoms with Gasteiger partial charge < -0.3 is 10.1 Å². The van der Waals surface area contributed by atoms with Crippen molar-refractivity contribution in [2.75, 3.05) is 20.3 Å². The number of methoxy groups -OCH3 is 1. The summed E-state index contributed by atoms with van der Waals surface area (Å²) in [5.41, 5.74) is 0. The number of ketones is 1. The van der Waals surface area contributed by atoms with Crippen LogP contribution in [0.2, 0.25) is 0 Å². The molecular formula is C9H17NO3. The zero-order valence-electron chi connectivity index (χ0n) is 8.26. The van der Waals surface area contributed by atoms with Gasteiger partial charge in [-0.15, -0.1) is 0 Å². The lowest BCUT2D eigenvalue weighted by Gasteiger charge is -2.02. The highest BCUT2D eigenvalue weighted by atomic mass is 16.5. The molecule has 0 radical (unpaired) electrons. The van der Waals surface area contributed by atoms with Crippen molar-refractivity contribution in [1.29, 1.82) is 0 Å². The fraction of sp³-hybridized carbons (Fsp3) is 0.778. The smallest absolute Gasteiger partial charge is 0.219 e. The molecule has 13 heavy (non-hydrogen) atoms. The van der Waals surface area contributed by atoms with Crippen LogP contribution in [0.5, 0.6) is 0 Å². The number of rotatable bonds is 7. The molecule has 76 valence electrons. The summed E-state index contributed by atoms with van der Waals surface area (Å²) >= 11 is 0. The first-order valence-corrected chi connectivity index (χ1v) is 4.48. The Balaban J connectivity index is 3.25. The molecule has 0 saturated carbocycles. The summed E-state index contributed by atoms with van der Waals surface area (Å²) in [4.78, 5) is 21.7. The number of Topliss-reactive ketones (excluding diaryl/α,β-unsaturated/α-hetero) is 1. The van der Waals surface area contributed by atoms with Gasteiger partial charge in [0.2, 0.25) is 5.91 Å². The van der Waals surface area contributed by atoms with Crippen molar-refractivity contribution in [3.63, 3.8) is 0 Å². The number of nitrogens with one attached hydrogen (secondary N) is 1. The van der Waals surface area contributed by atoms with Gasteiger partial charge in [0.1, 0.15) is 6.61 Å². The molecule has 0 fully saturated rings. The van der Waals surface area contributed by atoms with Gasteiger partial charge in [-0.2, -0.15) is 0 Å². The summed E-state index contributed by atoms with van der Waals surface area (Å²) < 4.78 is 4.67. The van der Waals surface area contributed by atoms with Gasteiger partial charge in [0, 0.05) is 26.5 Å². The molecule has 0 unspecified atom stereocenters. The third kappa shape index (κ3) is 7.46. The quantitative estimate of drug-likeness (QED) is 0.591. The monoisotopic (exact) mass is 187 g/mol. The molecule has 0 aromatic carbocycles. The van der Waals surface area contributed by atoms with E-state index in [0.717, 1.165) is 0 Å². The van der Waals surface area contributed by atoms with Crippen LogP contribution < -0.4 is 5.32 Å². The predicted octanol–water partition coefficient (Wildman–Crippen LogP) is 0.508. The SMILES string of the molecule is CCC(=O)NCCCC(=O)COC. The van der Waals surface area contributed by atoms with Gasteiger partial charge in [-0.25, -0.2) is 0 Å². The Morgan fingerprint density at radius 1 is 1.38 bits per heavy atom. The summed E-state index contributed by atoms with van der Waals surface area (Å²) in [5, 5.41) is 2.70. The molecule has 0 aliphatic carbocycles. The Bertz CT molecular complexity index is 168. The summed E-state index contributed by atoms with van der Waals surface area (Å²) in [6.45, 7) is 2.54. The summed E-state index contributed by atoms with van der Waals surface area (Å²) in [6, 6.07) is 0. The summed E-state index contributed by atoms with van der Waals surface area (Å²) in [6.07, 6.45) is 1.65. The number of hydrogen-bond acceptors (Lipinski definition) is 3. The van der Waals surface area contributed by atoms with Crippen LogP contribution in [0.15, 0.2) is 0 Å². The standard InChI is InChI=1S/C9H17NO3/c1-3-9(12)10-6-4-5-8(11)7-13-2/h3-7H2,1-2H3,(H,10,12). The van der Waals surface area contributed by atoms with E-state index < -0.39 is 0 Å². The zero-order valence-corrected chi connectivity index (χ0v) is 8.26. The first kappa shape index (κ1) is 12.1. The van der Waals surface area contributed by atoms with Crippen molar-refractivity contribution >= 4 is 11.7 Å². The largest absolute Gasteiger partial charge is 0.377 e. The van der Waals surface area contributed by atoms with E-state index in [2.05, 4.69) is 10.1 Å². The summed E-state index contributed by atoms with van der Waals surface area (Å²) in [5.74, 6) is 0.104. The van der Waals surface area contributed by atoms with E-state index in [0.29, 0.717) is 25.8 Å². The number of amides is 1.